The van der Waals surface area contributed by atoms with E-state index >= 15 is 0 Å². The van der Waals surface area contributed by atoms with Crippen molar-refractivity contribution < 1.29 is 0 Å². The Bertz CT molecular complexity index is 451. The fourth-order valence-corrected chi connectivity index (χ4v) is 2.97. The Morgan fingerprint density at radius 1 is 1.15 bits per heavy atom. The van der Waals surface area contributed by atoms with Crippen molar-refractivity contribution in [1.82, 2.24) is 19.9 Å². The van der Waals surface area contributed by atoms with Crippen LogP contribution in [0, 0.1) is 11.8 Å². The molecule has 2 heterocycles. The van der Waals surface area contributed by atoms with Crippen LogP contribution in [-0.4, -0.2) is 47.0 Å². The molecular formula is C14H26N6. The van der Waals surface area contributed by atoms with Gasteiger partial charge < -0.3 is 10.6 Å². The standard InChI is InChI=1S/C14H26N6/c1-9-6-10(2)8-20(7-9)11(3)12-16-13(15)18-14(17-12)19(4)5/h9-11H,6-8H2,1-5H3,(H2,15,16,17,18)/t9-,10+,11-/m0/s1. The topological polar surface area (TPSA) is 71.2 Å². The van der Waals surface area contributed by atoms with Gasteiger partial charge in [0.2, 0.25) is 11.9 Å². The van der Waals surface area contributed by atoms with Crippen LogP contribution in [-0.2, 0) is 0 Å². The fraction of sp³-hybridized carbons (Fsp3) is 0.786. The summed E-state index contributed by atoms with van der Waals surface area (Å²) in [5.74, 6) is 3.12. The number of nitrogens with zero attached hydrogens (tertiary/aromatic N) is 5. The number of rotatable bonds is 3. The molecule has 1 aliphatic heterocycles. The predicted molar refractivity (Wildman–Crippen MR) is 81.5 cm³/mol. The summed E-state index contributed by atoms with van der Waals surface area (Å²) in [7, 11) is 3.82. The molecule has 2 rings (SSSR count). The molecule has 2 N–H and O–H groups in total. The maximum atomic E-state index is 5.81. The van der Waals surface area contributed by atoms with E-state index in [9.17, 15) is 0 Å². The highest BCUT2D eigenvalue weighted by molar-refractivity contribution is 5.33. The largest absolute Gasteiger partial charge is 0.368 e. The second kappa shape index (κ2) is 5.91. The molecule has 3 atom stereocenters. The van der Waals surface area contributed by atoms with Crippen LogP contribution in [0.3, 0.4) is 0 Å². The van der Waals surface area contributed by atoms with Crippen molar-refractivity contribution in [2.45, 2.75) is 33.2 Å². The molecule has 6 heteroatoms. The fourth-order valence-electron chi connectivity index (χ4n) is 2.97. The summed E-state index contributed by atoms with van der Waals surface area (Å²) in [4.78, 5) is 17.3. The molecule has 0 radical (unpaired) electrons. The van der Waals surface area contributed by atoms with Gasteiger partial charge in [-0.2, -0.15) is 15.0 Å². The van der Waals surface area contributed by atoms with Crippen LogP contribution < -0.4 is 10.6 Å². The number of nitrogen functional groups attached to an aromatic ring is 1. The van der Waals surface area contributed by atoms with Crippen molar-refractivity contribution in [3.63, 3.8) is 0 Å². The van der Waals surface area contributed by atoms with E-state index in [2.05, 4.69) is 40.6 Å². The average molecular weight is 278 g/mol. The third kappa shape index (κ3) is 3.36. The molecule has 6 nitrogen and oxygen atoms in total. The van der Waals surface area contributed by atoms with E-state index in [-0.39, 0.29) is 6.04 Å². The van der Waals surface area contributed by atoms with Gasteiger partial charge in [-0.3, -0.25) is 4.90 Å². The lowest BCUT2D eigenvalue weighted by atomic mass is 9.91. The van der Waals surface area contributed by atoms with Crippen LogP contribution in [0.15, 0.2) is 0 Å². The number of anilines is 2. The van der Waals surface area contributed by atoms with E-state index in [1.165, 1.54) is 6.42 Å². The molecule has 1 aliphatic rings. The highest BCUT2D eigenvalue weighted by atomic mass is 15.3. The van der Waals surface area contributed by atoms with Gasteiger partial charge >= 0.3 is 0 Å². The van der Waals surface area contributed by atoms with Gasteiger partial charge in [0.25, 0.3) is 0 Å². The van der Waals surface area contributed by atoms with E-state index in [1.807, 2.05) is 19.0 Å². The SMILES string of the molecule is C[C@@H]1C[C@H](C)CN([C@@H](C)c2nc(N)nc(N(C)C)n2)C1. The lowest BCUT2D eigenvalue weighted by Crippen LogP contribution is -2.40. The zero-order chi connectivity index (χ0) is 14.9. The number of hydrogen-bond donors (Lipinski definition) is 1. The molecular weight excluding hydrogens is 252 g/mol. The van der Waals surface area contributed by atoms with Gasteiger partial charge in [-0.1, -0.05) is 13.8 Å². The number of likely N-dealkylation sites (tertiary alicyclic amines) is 1. The normalized spacial score (nSPS) is 25.4. The van der Waals surface area contributed by atoms with Crippen molar-refractivity contribution in [2.75, 3.05) is 37.8 Å². The predicted octanol–water partition coefficient (Wildman–Crippen LogP) is 1.56. The Hall–Kier alpha value is -1.43. The third-order valence-electron chi connectivity index (χ3n) is 3.88. The first kappa shape index (κ1) is 15.0. The minimum atomic E-state index is 0.171. The van der Waals surface area contributed by atoms with E-state index < -0.39 is 0 Å². The van der Waals surface area contributed by atoms with Gasteiger partial charge in [0, 0.05) is 27.2 Å². The zero-order valence-corrected chi connectivity index (χ0v) is 13.2. The number of piperidine rings is 1. The Morgan fingerprint density at radius 3 is 2.30 bits per heavy atom. The summed E-state index contributed by atoms with van der Waals surface area (Å²) in [6, 6.07) is 0.171. The lowest BCUT2D eigenvalue weighted by Gasteiger charge is -2.38. The van der Waals surface area contributed by atoms with Gasteiger partial charge in [0.15, 0.2) is 5.82 Å². The molecule has 0 aliphatic carbocycles. The Balaban J connectivity index is 2.21. The van der Waals surface area contributed by atoms with Crippen molar-refractivity contribution >= 4 is 11.9 Å². The van der Waals surface area contributed by atoms with E-state index in [1.54, 1.807) is 0 Å². The number of aromatic nitrogens is 3. The summed E-state index contributed by atoms with van der Waals surface area (Å²) in [6.45, 7) is 8.95. The van der Waals surface area contributed by atoms with Crippen LogP contribution in [0.4, 0.5) is 11.9 Å². The summed E-state index contributed by atoms with van der Waals surface area (Å²) in [5, 5.41) is 0. The number of hydrogen-bond acceptors (Lipinski definition) is 6. The van der Waals surface area contributed by atoms with E-state index in [4.69, 9.17) is 5.73 Å². The second-order valence-corrected chi connectivity index (χ2v) is 6.32. The third-order valence-corrected chi connectivity index (χ3v) is 3.88. The molecule has 0 aromatic carbocycles. The Kier molecular flexibility index (Phi) is 4.42. The molecule has 0 unspecified atom stereocenters. The maximum Gasteiger partial charge on any atom is 0.229 e. The minimum absolute atomic E-state index is 0.171. The van der Waals surface area contributed by atoms with Crippen LogP contribution in [0.25, 0.3) is 0 Å². The lowest BCUT2D eigenvalue weighted by molar-refractivity contribution is 0.0991. The first-order valence-electron chi connectivity index (χ1n) is 7.29. The van der Waals surface area contributed by atoms with Gasteiger partial charge in [-0.15, -0.1) is 0 Å². The maximum absolute atomic E-state index is 5.81. The first-order valence-corrected chi connectivity index (χ1v) is 7.29. The quantitative estimate of drug-likeness (QED) is 0.904. The van der Waals surface area contributed by atoms with Crippen LogP contribution in [0.5, 0.6) is 0 Å². The molecule has 1 aromatic heterocycles. The van der Waals surface area contributed by atoms with Crippen molar-refractivity contribution in [3.05, 3.63) is 5.82 Å². The molecule has 1 fully saturated rings. The highest BCUT2D eigenvalue weighted by Crippen LogP contribution is 2.28. The average Bonchev–Trinajstić information content (AvgIpc) is 2.35. The van der Waals surface area contributed by atoms with Gasteiger partial charge in [0.05, 0.1) is 6.04 Å². The Labute approximate surface area is 121 Å². The molecule has 20 heavy (non-hydrogen) atoms. The van der Waals surface area contributed by atoms with Crippen molar-refractivity contribution in [1.29, 1.82) is 0 Å². The monoisotopic (exact) mass is 278 g/mol. The van der Waals surface area contributed by atoms with Gasteiger partial charge in [-0.05, 0) is 25.2 Å². The second-order valence-electron chi connectivity index (χ2n) is 6.32. The molecule has 0 spiro atoms. The highest BCUT2D eigenvalue weighted by Gasteiger charge is 2.27. The zero-order valence-electron chi connectivity index (χ0n) is 13.2. The molecule has 1 saturated heterocycles. The molecule has 0 bridgehead atoms. The van der Waals surface area contributed by atoms with Crippen molar-refractivity contribution in [2.24, 2.45) is 11.8 Å². The Morgan fingerprint density at radius 2 is 1.75 bits per heavy atom. The molecule has 0 amide bonds. The van der Waals surface area contributed by atoms with Crippen LogP contribution >= 0.6 is 0 Å². The molecule has 0 saturated carbocycles. The molecule has 1 aromatic rings. The summed E-state index contributed by atoms with van der Waals surface area (Å²) < 4.78 is 0. The van der Waals surface area contributed by atoms with Gasteiger partial charge in [0.1, 0.15) is 0 Å². The van der Waals surface area contributed by atoms with Crippen molar-refractivity contribution in [3.8, 4) is 0 Å². The summed E-state index contributed by atoms with van der Waals surface area (Å²) in [5.41, 5.74) is 5.81. The van der Waals surface area contributed by atoms with E-state index in [0.717, 1.165) is 18.9 Å². The number of nitrogens with two attached hydrogens (primary N) is 1. The smallest absolute Gasteiger partial charge is 0.229 e. The summed E-state index contributed by atoms with van der Waals surface area (Å²) in [6.07, 6.45) is 1.30. The van der Waals surface area contributed by atoms with Crippen LogP contribution in [0.2, 0.25) is 0 Å². The summed E-state index contributed by atoms with van der Waals surface area (Å²) >= 11 is 0. The minimum Gasteiger partial charge on any atom is -0.368 e. The van der Waals surface area contributed by atoms with E-state index in [0.29, 0.717) is 23.7 Å². The molecule has 112 valence electrons. The first-order chi connectivity index (χ1) is 9.36. The van der Waals surface area contributed by atoms with Crippen LogP contribution in [0.1, 0.15) is 39.1 Å². The van der Waals surface area contributed by atoms with Gasteiger partial charge in [-0.25, -0.2) is 0 Å².